The van der Waals surface area contributed by atoms with Gasteiger partial charge in [0.1, 0.15) is 0 Å². The zero-order valence-electron chi connectivity index (χ0n) is 10.0. The monoisotopic (exact) mass is 479 g/mol. The molecule has 0 fully saturated rings. The van der Waals surface area contributed by atoms with Crippen LogP contribution in [0.5, 0.6) is 0 Å². The van der Waals surface area contributed by atoms with Gasteiger partial charge in [0.2, 0.25) is 0 Å². The van der Waals surface area contributed by atoms with Crippen molar-refractivity contribution in [3.05, 3.63) is 47.8 Å². The predicted molar refractivity (Wildman–Crippen MR) is 57.5 cm³/mol. The maximum absolute atomic E-state index is 12.5. The van der Waals surface area contributed by atoms with Crippen LogP contribution < -0.4 is 0 Å². The van der Waals surface area contributed by atoms with Crippen molar-refractivity contribution in [2.45, 2.75) is 12.4 Å². The molecule has 0 atom stereocenters. The van der Waals surface area contributed by atoms with E-state index in [4.69, 9.17) is 0 Å². The summed E-state index contributed by atoms with van der Waals surface area (Å²) >= 11 is 0. The molecule has 113 valence electrons. The molecule has 0 aliphatic carbocycles. The van der Waals surface area contributed by atoms with Gasteiger partial charge in [-0.2, -0.15) is 26.3 Å². The number of aromatic nitrogens is 2. The molecule has 9 heteroatoms. The second-order valence-electron chi connectivity index (χ2n) is 3.86. The standard InChI is InChI=1S/C12H6F6N2.Re/c13-11(14,15)7-1-3-19-9(5-7)10-6-8(2-4-20-10)12(16,17)18;/h1-6H;. The number of hydrogen-bond acceptors (Lipinski definition) is 2. The molecule has 1 radical (unpaired) electrons. The van der Waals surface area contributed by atoms with Crippen LogP contribution in [0, 0.1) is 0 Å². The summed E-state index contributed by atoms with van der Waals surface area (Å²) in [6.07, 6.45) is -7.45. The zero-order valence-corrected chi connectivity index (χ0v) is 12.7. The quantitative estimate of drug-likeness (QED) is 0.575. The van der Waals surface area contributed by atoms with E-state index in [1.54, 1.807) is 0 Å². The Hall–Kier alpha value is -1.46. The normalized spacial score (nSPS) is 11.9. The van der Waals surface area contributed by atoms with Crippen molar-refractivity contribution in [1.29, 1.82) is 0 Å². The molecule has 0 aliphatic rings. The van der Waals surface area contributed by atoms with Crippen molar-refractivity contribution in [3.8, 4) is 11.4 Å². The van der Waals surface area contributed by atoms with Gasteiger partial charge in [0.15, 0.2) is 0 Å². The molecule has 0 saturated heterocycles. The molecule has 0 N–H and O–H groups in total. The molecule has 0 spiro atoms. The van der Waals surface area contributed by atoms with Crippen molar-refractivity contribution < 1.29 is 46.8 Å². The topological polar surface area (TPSA) is 25.8 Å². The van der Waals surface area contributed by atoms with Crippen molar-refractivity contribution >= 4 is 0 Å². The molecule has 2 heterocycles. The van der Waals surface area contributed by atoms with Crippen LogP contribution in [0.2, 0.25) is 0 Å². The molecule has 0 bridgehead atoms. The number of pyridine rings is 2. The minimum Gasteiger partial charge on any atom is -0.255 e. The minimum absolute atomic E-state index is 0. The molecule has 0 aliphatic heterocycles. The Labute approximate surface area is 128 Å². The summed E-state index contributed by atoms with van der Waals surface area (Å²) in [6.45, 7) is 0. The van der Waals surface area contributed by atoms with E-state index in [-0.39, 0.29) is 31.8 Å². The third-order valence-corrected chi connectivity index (χ3v) is 2.44. The molecule has 2 rings (SSSR count). The zero-order chi connectivity index (χ0) is 15.0. The van der Waals surface area contributed by atoms with Crippen molar-refractivity contribution in [3.63, 3.8) is 0 Å². The van der Waals surface area contributed by atoms with Crippen LogP contribution in [0.25, 0.3) is 11.4 Å². The van der Waals surface area contributed by atoms with Crippen LogP contribution in [-0.4, -0.2) is 9.97 Å². The Morgan fingerprint density at radius 3 is 1.29 bits per heavy atom. The molecule has 0 amide bonds. The van der Waals surface area contributed by atoms with Gasteiger partial charge in [0, 0.05) is 32.8 Å². The summed E-state index contributed by atoms with van der Waals surface area (Å²) in [5.41, 5.74) is -2.54. The molecular weight excluding hydrogens is 472 g/mol. The summed E-state index contributed by atoms with van der Waals surface area (Å²) in [6, 6.07) is 2.78. The molecule has 2 nitrogen and oxygen atoms in total. The van der Waals surface area contributed by atoms with E-state index in [1.165, 1.54) is 0 Å². The average Bonchev–Trinajstić information content (AvgIpc) is 2.37. The van der Waals surface area contributed by atoms with Crippen molar-refractivity contribution in [2.75, 3.05) is 0 Å². The first kappa shape index (κ1) is 17.6. The van der Waals surface area contributed by atoms with Crippen molar-refractivity contribution in [1.82, 2.24) is 9.97 Å². The summed E-state index contributed by atoms with van der Waals surface area (Å²) in [4.78, 5) is 7.23. The summed E-state index contributed by atoms with van der Waals surface area (Å²) in [5.74, 6) is 0. The van der Waals surface area contributed by atoms with Crippen molar-refractivity contribution in [2.24, 2.45) is 0 Å². The van der Waals surface area contributed by atoms with E-state index in [0.29, 0.717) is 12.1 Å². The Balaban J connectivity index is 0.00000220. The fraction of sp³-hybridized carbons (Fsp3) is 0.167. The largest absolute Gasteiger partial charge is 0.416 e. The first-order valence-electron chi connectivity index (χ1n) is 5.25. The van der Waals surface area contributed by atoms with Gasteiger partial charge in [-0.15, -0.1) is 0 Å². The van der Waals surface area contributed by atoms with E-state index in [1.807, 2.05) is 0 Å². The molecule has 0 aromatic carbocycles. The molecule has 21 heavy (non-hydrogen) atoms. The van der Waals surface area contributed by atoms with E-state index in [2.05, 4.69) is 9.97 Å². The molecule has 2 aromatic heterocycles. The number of alkyl halides is 6. The fourth-order valence-electron chi connectivity index (χ4n) is 1.49. The Morgan fingerprint density at radius 1 is 0.667 bits per heavy atom. The van der Waals surface area contributed by atoms with Crippen LogP contribution in [0.1, 0.15) is 11.1 Å². The van der Waals surface area contributed by atoms with Gasteiger partial charge >= 0.3 is 12.4 Å². The van der Waals surface area contributed by atoms with Crippen LogP contribution in [0.15, 0.2) is 36.7 Å². The number of hydrogen-bond donors (Lipinski definition) is 0. The van der Waals surface area contributed by atoms with Gasteiger partial charge in [-0.05, 0) is 24.3 Å². The first-order chi connectivity index (χ1) is 9.18. The van der Waals surface area contributed by atoms with Gasteiger partial charge < -0.3 is 0 Å². The number of rotatable bonds is 1. The molecule has 0 saturated carbocycles. The molecule has 0 unspecified atom stereocenters. The maximum atomic E-state index is 12.5. The van der Waals surface area contributed by atoms with Gasteiger partial charge in [-0.3, -0.25) is 9.97 Å². The first-order valence-corrected chi connectivity index (χ1v) is 5.25. The Kier molecular flexibility index (Phi) is 5.12. The van der Waals surface area contributed by atoms with Gasteiger partial charge in [0.25, 0.3) is 0 Å². The smallest absolute Gasteiger partial charge is 0.255 e. The summed E-state index contributed by atoms with van der Waals surface area (Å²) < 4.78 is 75.1. The second kappa shape index (κ2) is 6.12. The van der Waals surface area contributed by atoms with E-state index in [9.17, 15) is 26.3 Å². The molecule has 2 aromatic rings. The SMILES string of the molecule is FC(F)(F)c1ccnc(-c2cc(C(F)(F)F)ccn2)c1.[Re]. The molecular formula is C12H6F6N2Re. The third-order valence-electron chi connectivity index (χ3n) is 2.44. The van der Waals surface area contributed by atoms with Gasteiger partial charge in [0.05, 0.1) is 22.5 Å². The fourth-order valence-corrected chi connectivity index (χ4v) is 1.49. The van der Waals surface area contributed by atoms with E-state index < -0.39 is 23.5 Å². The van der Waals surface area contributed by atoms with Crippen LogP contribution >= 0.6 is 0 Å². The van der Waals surface area contributed by atoms with E-state index in [0.717, 1.165) is 24.5 Å². The van der Waals surface area contributed by atoms with Crippen LogP contribution in [0.3, 0.4) is 0 Å². The van der Waals surface area contributed by atoms with Crippen LogP contribution in [0.4, 0.5) is 26.3 Å². The number of halogens is 6. The average molecular weight is 478 g/mol. The minimum atomic E-state index is -4.60. The van der Waals surface area contributed by atoms with Gasteiger partial charge in [-0.25, -0.2) is 0 Å². The van der Waals surface area contributed by atoms with E-state index >= 15 is 0 Å². The summed E-state index contributed by atoms with van der Waals surface area (Å²) in [7, 11) is 0. The van der Waals surface area contributed by atoms with Gasteiger partial charge in [-0.1, -0.05) is 0 Å². The Morgan fingerprint density at radius 2 is 1.00 bits per heavy atom. The van der Waals surface area contributed by atoms with Crippen LogP contribution in [-0.2, 0) is 32.8 Å². The number of nitrogens with zero attached hydrogens (tertiary/aromatic N) is 2. The summed E-state index contributed by atoms with van der Waals surface area (Å²) in [5, 5.41) is 0. The predicted octanol–water partition coefficient (Wildman–Crippen LogP) is 4.18. The Bertz CT molecular complexity index is 568. The second-order valence-corrected chi connectivity index (χ2v) is 3.86. The maximum Gasteiger partial charge on any atom is 0.416 e. The third kappa shape index (κ3) is 4.25.